The molecule has 0 aliphatic carbocycles. The Bertz CT molecular complexity index is 83.4. The molecule has 0 saturated carbocycles. The smallest absolute Gasteiger partial charge is 0.302 e. The minimum Gasteiger partial charge on any atom is -0.394 e. The second-order valence-corrected chi connectivity index (χ2v) is 1.93. The summed E-state index contributed by atoms with van der Waals surface area (Å²) in [6.45, 7) is 1.25. The van der Waals surface area contributed by atoms with Crippen molar-refractivity contribution in [3.8, 4) is 0 Å². The highest BCUT2D eigenvalue weighted by Gasteiger charge is 2.01. The van der Waals surface area contributed by atoms with Crippen LogP contribution in [0.2, 0.25) is 0 Å². The zero-order valence-corrected chi connectivity index (χ0v) is 5.22. The summed E-state index contributed by atoms with van der Waals surface area (Å²) < 4.78 is 21.9. The maximum absolute atomic E-state index is 9.75. The van der Waals surface area contributed by atoms with Crippen LogP contribution in [0.3, 0.4) is 0 Å². The lowest BCUT2D eigenvalue weighted by Crippen LogP contribution is -2.13. The van der Waals surface area contributed by atoms with Crippen molar-refractivity contribution in [2.45, 2.75) is 13.0 Å². The van der Waals surface area contributed by atoms with E-state index in [9.17, 15) is 4.21 Å². The van der Waals surface area contributed by atoms with Crippen molar-refractivity contribution in [1.82, 2.24) is 0 Å². The Balaban J connectivity index is 3.24. The molecule has 0 heterocycles. The number of hydrogen-bond acceptors (Lipinski definition) is 3. The van der Waals surface area contributed by atoms with Crippen LogP contribution in [-0.2, 0) is 15.5 Å². The zero-order valence-electron chi connectivity index (χ0n) is 4.40. The molecule has 2 unspecified atom stereocenters. The molecule has 0 aliphatic heterocycles. The van der Waals surface area contributed by atoms with Gasteiger partial charge >= 0.3 is 11.4 Å². The van der Waals surface area contributed by atoms with E-state index in [1.165, 1.54) is 6.92 Å². The van der Waals surface area contributed by atoms with Gasteiger partial charge in [0, 0.05) is 0 Å². The lowest BCUT2D eigenvalue weighted by Gasteiger charge is -2.02. The van der Waals surface area contributed by atoms with Crippen LogP contribution in [0.25, 0.3) is 0 Å². The molecule has 0 aliphatic rings. The maximum atomic E-state index is 9.75. The molecule has 0 aromatic heterocycles. The van der Waals surface area contributed by atoms with Crippen molar-refractivity contribution < 1.29 is 18.1 Å². The first-order chi connectivity index (χ1) is 3.66. The van der Waals surface area contributed by atoms with E-state index in [-0.39, 0.29) is 6.61 Å². The number of hydrogen-bond donors (Lipinski definition) is 2. The minimum atomic E-state index is -2.26. The summed E-state index contributed by atoms with van der Waals surface area (Å²) in [4.78, 5) is 0. The maximum Gasteiger partial charge on any atom is 0.302 e. The van der Waals surface area contributed by atoms with Gasteiger partial charge < -0.3 is 5.11 Å². The predicted molar refractivity (Wildman–Crippen MR) is 28.4 cm³/mol. The fourth-order valence-electron chi connectivity index (χ4n) is 0.171. The Labute approximate surface area is 50.0 Å². The fraction of sp³-hybridized carbons (Fsp3) is 1.00. The summed E-state index contributed by atoms with van der Waals surface area (Å²) >= 11 is -2.26. The van der Waals surface area contributed by atoms with E-state index in [2.05, 4.69) is 4.18 Å². The molecule has 4 nitrogen and oxygen atoms in total. The number of aliphatic hydroxyl groups is 1. The monoisotopic (exact) mass is 140 g/mol. The first kappa shape index (κ1) is 8.03. The van der Waals surface area contributed by atoms with Gasteiger partial charge in [-0.3, -0.25) is 8.74 Å². The second-order valence-electron chi connectivity index (χ2n) is 1.31. The third-order valence-corrected chi connectivity index (χ3v) is 0.997. The molecule has 8 heavy (non-hydrogen) atoms. The van der Waals surface area contributed by atoms with Gasteiger partial charge in [-0.1, -0.05) is 0 Å². The molecular weight excluding hydrogens is 132 g/mol. The van der Waals surface area contributed by atoms with Crippen molar-refractivity contribution in [1.29, 1.82) is 0 Å². The highest BCUT2D eigenvalue weighted by molar-refractivity contribution is 7.74. The van der Waals surface area contributed by atoms with E-state index < -0.39 is 17.5 Å². The van der Waals surface area contributed by atoms with E-state index in [1.54, 1.807) is 0 Å². The van der Waals surface area contributed by atoms with Crippen LogP contribution in [0, 0.1) is 0 Å². The van der Waals surface area contributed by atoms with Gasteiger partial charge in [-0.05, 0) is 6.92 Å². The SMILES string of the molecule is CC(CO)OS(=O)O. The largest absolute Gasteiger partial charge is 0.394 e. The Kier molecular flexibility index (Phi) is 3.98. The Morgan fingerprint density at radius 2 is 2.38 bits per heavy atom. The minimum absolute atomic E-state index is 0.244. The molecule has 2 N–H and O–H groups in total. The summed E-state index contributed by atoms with van der Waals surface area (Å²) in [6, 6.07) is 0. The average molecular weight is 140 g/mol. The molecule has 0 radical (unpaired) electrons. The van der Waals surface area contributed by atoms with Crippen molar-refractivity contribution in [2.24, 2.45) is 0 Å². The molecule has 0 saturated heterocycles. The molecule has 0 aromatic rings. The Hall–Kier alpha value is 0.0300. The molecule has 50 valence electrons. The third kappa shape index (κ3) is 4.20. The molecule has 0 spiro atoms. The quantitative estimate of drug-likeness (QED) is 0.519. The molecule has 0 fully saturated rings. The van der Waals surface area contributed by atoms with Crippen molar-refractivity contribution in [3.05, 3.63) is 0 Å². The van der Waals surface area contributed by atoms with E-state index >= 15 is 0 Å². The summed E-state index contributed by atoms with van der Waals surface area (Å²) in [5.74, 6) is 0. The first-order valence-electron chi connectivity index (χ1n) is 2.05. The molecule has 5 heteroatoms. The van der Waals surface area contributed by atoms with Gasteiger partial charge in [-0.25, -0.2) is 0 Å². The van der Waals surface area contributed by atoms with Crippen LogP contribution in [0.1, 0.15) is 6.92 Å². The lowest BCUT2D eigenvalue weighted by atomic mass is 10.5. The second kappa shape index (κ2) is 3.96. The molecule has 0 aromatic carbocycles. The van der Waals surface area contributed by atoms with Gasteiger partial charge in [-0.15, -0.1) is 0 Å². The van der Waals surface area contributed by atoms with Crippen LogP contribution in [-0.4, -0.2) is 26.6 Å². The van der Waals surface area contributed by atoms with E-state index in [0.717, 1.165) is 0 Å². The van der Waals surface area contributed by atoms with Gasteiger partial charge in [0.1, 0.15) is 0 Å². The molecule has 0 rings (SSSR count). The van der Waals surface area contributed by atoms with Gasteiger partial charge in [0.2, 0.25) is 0 Å². The summed E-state index contributed by atoms with van der Waals surface area (Å²) in [5.41, 5.74) is 0. The molecular formula is C3H8O4S. The summed E-state index contributed by atoms with van der Waals surface area (Å²) in [5, 5.41) is 8.21. The highest BCUT2D eigenvalue weighted by Crippen LogP contribution is 1.89. The number of rotatable bonds is 3. The van der Waals surface area contributed by atoms with Crippen molar-refractivity contribution in [3.63, 3.8) is 0 Å². The first-order valence-corrected chi connectivity index (χ1v) is 3.09. The number of aliphatic hydroxyl groups excluding tert-OH is 1. The normalized spacial score (nSPS) is 17.9. The standard InChI is InChI=1S/C3H8O4S/c1-3(2-4)7-8(5)6/h3-4H,2H2,1H3,(H,5,6). The van der Waals surface area contributed by atoms with Gasteiger partial charge in [0.15, 0.2) is 0 Å². The van der Waals surface area contributed by atoms with Gasteiger partial charge in [-0.2, -0.15) is 4.21 Å². The van der Waals surface area contributed by atoms with Crippen LogP contribution in [0.5, 0.6) is 0 Å². The topological polar surface area (TPSA) is 66.8 Å². The van der Waals surface area contributed by atoms with Gasteiger partial charge in [0.25, 0.3) is 0 Å². The van der Waals surface area contributed by atoms with Crippen LogP contribution < -0.4 is 0 Å². The van der Waals surface area contributed by atoms with Crippen molar-refractivity contribution in [2.75, 3.05) is 6.61 Å². The Morgan fingerprint density at radius 3 is 2.50 bits per heavy atom. The van der Waals surface area contributed by atoms with Gasteiger partial charge in [0.05, 0.1) is 12.7 Å². The highest BCUT2D eigenvalue weighted by atomic mass is 32.2. The average Bonchev–Trinajstić information content (AvgIpc) is 1.65. The van der Waals surface area contributed by atoms with Crippen LogP contribution >= 0.6 is 0 Å². The van der Waals surface area contributed by atoms with Crippen LogP contribution in [0.4, 0.5) is 0 Å². The van der Waals surface area contributed by atoms with Crippen LogP contribution in [0.15, 0.2) is 0 Å². The predicted octanol–water partition coefficient (Wildman–Crippen LogP) is -0.479. The lowest BCUT2D eigenvalue weighted by molar-refractivity contribution is 0.133. The summed E-state index contributed by atoms with van der Waals surface area (Å²) in [6.07, 6.45) is -0.569. The third-order valence-electron chi connectivity index (χ3n) is 0.504. The summed E-state index contributed by atoms with van der Waals surface area (Å²) in [7, 11) is 0. The van der Waals surface area contributed by atoms with E-state index in [1.807, 2.05) is 0 Å². The molecule has 2 atom stereocenters. The fourth-order valence-corrected chi connectivity index (χ4v) is 0.513. The van der Waals surface area contributed by atoms with E-state index in [4.69, 9.17) is 9.66 Å². The molecule has 0 bridgehead atoms. The van der Waals surface area contributed by atoms with Crippen molar-refractivity contribution >= 4 is 11.4 Å². The Morgan fingerprint density at radius 1 is 1.88 bits per heavy atom. The molecule has 0 amide bonds. The van der Waals surface area contributed by atoms with E-state index in [0.29, 0.717) is 0 Å². The zero-order chi connectivity index (χ0) is 6.57.